The van der Waals surface area contributed by atoms with E-state index in [-0.39, 0.29) is 41.9 Å². The number of amides is 1. The van der Waals surface area contributed by atoms with Crippen molar-refractivity contribution in [1.29, 1.82) is 0 Å². The fourth-order valence-electron chi connectivity index (χ4n) is 2.79. The van der Waals surface area contributed by atoms with E-state index in [0.29, 0.717) is 11.3 Å². The van der Waals surface area contributed by atoms with Crippen molar-refractivity contribution in [3.63, 3.8) is 0 Å². The lowest BCUT2D eigenvalue weighted by molar-refractivity contribution is -0.145. The molecule has 6 nitrogen and oxygen atoms in total. The smallest absolute Gasteiger partial charge is 0.351 e. The molecule has 0 radical (unpaired) electrons. The normalized spacial score (nSPS) is 21.5. The van der Waals surface area contributed by atoms with Crippen LogP contribution in [0.3, 0.4) is 0 Å². The summed E-state index contributed by atoms with van der Waals surface area (Å²) >= 11 is 6.09. The van der Waals surface area contributed by atoms with Crippen LogP contribution in [0.5, 0.6) is 0 Å². The standard InChI is InChI=1S/C17H16ClF4N5O.ClH/c1-8-12(19)3-14(27-8)15(28)24-4-9-2-13(23-7-11(9)18)10-5-25-16(26-6-10)17(20,21)22;/h2,5-8,12,14,27H,3-4H2,1H3,(H,24,28);1H/t8-,12+,14-;/m0./s1. The number of nitrogens with zero attached hydrogens (tertiary/aromatic N) is 3. The third kappa shape index (κ3) is 5.52. The summed E-state index contributed by atoms with van der Waals surface area (Å²) in [6.07, 6.45) is -2.29. The van der Waals surface area contributed by atoms with Crippen LogP contribution in [0.4, 0.5) is 17.6 Å². The zero-order valence-electron chi connectivity index (χ0n) is 15.0. The van der Waals surface area contributed by atoms with E-state index < -0.39 is 30.3 Å². The molecule has 0 aromatic carbocycles. The molecular formula is C17H17Cl2F4N5O. The van der Waals surface area contributed by atoms with Gasteiger partial charge in [-0.1, -0.05) is 11.6 Å². The predicted molar refractivity (Wildman–Crippen MR) is 100 cm³/mol. The molecule has 3 heterocycles. The lowest BCUT2D eigenvalue weighted by Gasteiger charge is -2.13. The van der Waals surface area contributed by atoms with Crippen molar-refractivity contribution in [2.45, 2.75) is 44.3 Å². The Morgan fingerprint density at radius 1 is 1.28 bits per heavy atom. The van der Waals surface area contributed by atoms with E-state index in [4.69, 9.17) is 11.6 Å². The van der Waals surface area contributed by atoms with Gasteiger partial charge in [-0.15, -0.1) is 12.4 Å². The third-order valence-electron chi connectivity index (χ3n) is 4.37. The average molecular weight is 454 g/mol. The van der Waals surface area contributed by atoms with Gasteiger partial charge in [-0.3, -0.25) is 9.78 Å². The number of rotatable bonds is 4. The van der Waals surface area contributed by atoms with Crippen molar-refractivity contribution in [3.05, 3.63) is 41.1 Å². The van der Waals surface area contributed by atoms with Gasteiger partial charge < -0.3 is 10.6 Å². The molecule has 1 fully saturated rings. The Hall–Kier alpha value is -2.04. The monoisotopic (exact) mass is 453 g/mol. The molecule has 3 atom stereocenters. The van der Waals surface area contributed by atoms with Crippen molar-refractivity contribution in [3.8, 4) is 11.3 Å². The van der Waals surface area contributed by atoms with E-state index in [9.17, 15) is 22.4 Å². The molecule has 1 aliphatic heterocycles. The first-order valence-electron chi connectivity index (χ1n) is 8.37. The SMILES string of the molecule is C[C@@H]1N[C@H](C(=O)NCc2cc(-c3cnc(C(F)(F)F)nc3)ncc2Cl)C[C@H]1F.Cl. The van der Waals surface area contributed by atoms with Gasteiger partial charge in [0.05, 0.1) is 16.8 Å². The second kappa shape index (κ2) is 9.19. The number of nitrogens with one attached hydrogen (secondary N) is 2. The number of pyridine rings is 1. The average Bonchev–Trinajstić information content (AvgIpc) is 2.99. The van der Waals surface area contributed by atoms with Gasteiger partial charge in [-0.2, -0.15) is 13.2 Å². The van der Waals surface area contributed by atoms with Crippen molar-refractivity contribution in [1.82, 2.24) is 25.6 Å². The second-order valence-electron chi connectivity index (χ2n) is 6.43. The van der Waals surface area contributed by atoms with Crippen LogP contribution in [-0.4, -0.2) is 39.1 Å². The molecule has 2 aromatic rings. The first-order valence-corrected chi connectivity index (χ1v) is 8.75. The Morgan fingerprint density at radius 3 is 2.48 bits per heavy atom. The van der Waals surface area contributed by atoms with Gasteiger partial charge in [0.2, 0.25) is 11.7 Å². The molecule has 0 unspecified atom stereocenters. The highest BCUT2D eigenvalue weighted by atomic mass is 35.5. The predicted octanol–water partition coefficient (Wildman–Crippen LogP) is 3.34. The number of aromatic nitrogens is 3. The highest BCUT2D eigenvalue weighted by Gasteiger charge is 2.35. The van der Waals surface area contributed by atoms with Gasteiger partial charge >= 0.3 is 6.18 Å². The minimum Gasteiger partial charge on any atom is -0.351 e. The molecule has 0 bridgehead atoms. The Bertz CT molecular complexity index is 856. The van der Waals surface area contributed by atoms with Gasteiger partial charge in [-0.05, 0) is 18.6 Å². The van der Waals surface area contributed by atoms with Gasteiger partial charge in [0.15, 0.2) is 0 Å². The molecule has 2 N–H and O–H groups in total. The number of hydrogen-bond donors (Lipinski definition) is 2. The third-order valence-corrected chi connectivity index (χ3v) is 4.71. The summed E-state index contributed by atoms with van der Waals surface area (Å²) in [5.41, 5.74) is 1.07. The molecule has 12 heteroatoms. The first-order chi connectivity index (χ1) is 13.1. The molecule has 3 rings (SSSR count). The molecule has 0 saturated carbocycles. The summed E-state index contributed by atoms with van der Waals surface area (Å²) < 4.78 is 51.2. The summed E-state index contributed by atoms with van der Waals surface area (Å²) in [7, 11) is 0. The fourth-order valence-corrected chi connectivity index (χ4v) is 2.96. The minimum absolute atomic E-state index is 0. The Kier molecular flexibility index (Phi) is 7.36. The molecule has 1 saturated heterocycles. The molecule has 2 aromatic heterocycles. The minimum atomic E-state index is -4.63. The van der Waals surface area contributed by atoms with E-state index in [0.717, 1.165) is 12.4 Å². The maximum Gasteiger partial charge on any atom is 0.451 e. The highest BCUT2D eigenvalue weighted by Crippen LogP contribution is 2.27. The largest absolute Gasteiger partial charge is 0.451 e. The lowest BCUT2D eigenvalue weighted by Crippen LogP contribution is -2.42. The van der Waals surface area contributed by atoms with E-state index in [1.807, 2.05) is 0 Å². The topological polar surface area (TPSA) is 79.8 Å². The van der Waals surface area contributed by atoms with Crippen LogP contribution in [-0.2, 0) is 17.5 Å². The summed E-state index contributed by atoms with van der Waals surface area (Å²) in [5, 5.41) is 5.81. The van der Waals surface area contributed by atoms with E-state index in [1.54, 1.807) is 6.92 Å². The molecule has 1 aliphatic rings. The molecule has 0 spiro atoms. The van der Waals surface area contributed by atoms with Crippen molar-refractivity contribution < 1.29 is 22.4 Å². The highest BCUT2D eigenvalue weighted by molar-refractivity contribution is 6.31. The van der Waals surface area contributed by atoms with Crippen LogP contribution in [0.1, 0.15) is 24.7 Å². The summed E-state index contributed by atoms with van der Waals surface area (Å²) in [6.45, 7) is 1.72. The lowest BCUT2D eigenvalue weighted by atomic mass is 10.1. The fraction of sp³-hybridized carbons (Fsp3) is 0.412. The zero-order chi connectivity index (χ0) is 20.5. The van der Waals surface area contributed by atoms with Gasteiger partial charge in [0.25, 0.3) is 0 Å². The zero-order valence-corrected chi connectivity index (χ0v) is 16.6. The van der Waals surface area contributed by atoms with Crippen LogP contribution < -0.4 is 10.6 Å². The van der Waals surface area contributed by atoms with Crippen LogP contribution in [0.2, 0.25) is 5.02 Å². The second-order valence-corrected chi connectivity index (χ2v) is 6.84. The maximum absolute atomic E-state index is 13.5. The summed E-state index contributed by atoms with van der Waals surface area (Å²) in [4.78, 5) is 22.8. The van der Waals surface area contributed by atoms with Gasteiger partial charge in [-0.25, -0.2) is 14.4 Å². The number of alkyl halides is 4. The molecule has 1 amide bonds. The van der Waals surface area contributed by atoms with E-state index in [2.05, 4.69) is 25.6 Å². The van der Waals surface area contributed by atoms with Gasteiger partial charge in [0.1, 0.15) is 6.17 Å². The Labute approximate surface area is 174 Å². The van der Waals surface area contributed by atoms with Crippen LogP contribution in [0, 0.1) is 0 Å². The van der Waals surface area contributed by atoms with Crippen LogP contribution in [0.25, 0.3) is 11.3 Å². The molecule has 0 aliphatic carbocycles. The quantitative estimate of drug-likeness (QED) is 0.694. The summed E-state index contributed by atoms with van der Waals surface area (Å²) in [6, 6.07) is 0.497. The number of carbonyl (C=O) groups is 1. The molecule has 158 valence electrons. The Morgan fingerprint density at radius 2 is 1.93 bits per heavy atom. The van der Waals surface area contributed by atoms with Crippen LogP contribution >= 0.6 is 24.0 Å². The summed E-state index contributed by atoms with van der Waals surface area (Å²) in [5.74, 6) is -1.61. The van der Waals surface area contributed by atoms with E-state index in [1.165, 1.54) is 12.3 Å². The number of halogens is 6. The van der Waals surface area contributed by atoms with E-state index >= 15 is 0 Å². The first kappa shape index (κ1) is 23.2. The molecular weight excluding hydrogens is 437 g/mol. The number of hydrogen-bond acceptors (Lipinski definition) is 5. The maximum atomic E-state index is 13.5. The van der Waals surface area contributed by atoms with Crippen molar-refractivity contribution in [2.24, 2.45) is 0 Å². The number of carbonyl (C=O) groups excluding carboxylic acids is 1. The Balaban J connectivity index is 0.00000300. The van der Waals surface area contributed by atoms with Gasteiger partial charge in [0, 0.05) is 43.2 Å². The van der Waals surface area contributed by atoms with Crippen molar-refractivity contribution in [2.75, 3.05) is 0 Å². The molecule has 29 heavy (non-hydrogen) atoms. The van der Waals surface area contributed by atoms with Crippen LogP contribution in [0.15, 0.2) is 24.7 Å². The van der Waals surface area contributed by atoms with Crippen molar-refractivity contribution >= 4 is 29.9 Å².